The smallest absolute Gasteiger partial charge is 0.261 e. The van der Waals surface area contributed by atoms with Crippen LogP contribution in [0.3, 0.4) is 0 Å². The van der Waals surface area contributed by atoms with Crippen LogP contribution in [0.5, 0.6) is 0 Å². The Balaban J connectivity index is 1.47. The highest BCUT2D eigenvalue weighted by molar-refractivity contribution is 6.21. The molecule has 0 radical (unpaired) electrons. The van der Waals surface area contributed by atoms with Crippen LogP contribution < -0.4 is 0 Å². The van der Waals surface area contributed by atoms with Crippen LogP contribution in [-0.2, 0) is 11.3 Å². The predicted molar refractivity (Wildman–Crippen MR) is 116 cm³/mol. The van der Waals surface area contributed by atoms with E-state index in [4.69, 9.17) is 0 Å². The van der Waals surface area contributed by atoms with Gasteiger partial charge in [-0.25, -0.2) is 0 Å². The van der Waals surface area contributed by atoms with Gasteiger partial charge in [0, 0.05) is 6.54 Å². The fraction of sp³-hybridized carbons (Fsp3) is 0.192. The summed E-state index contributed by atoms with van der Waals surface area (Å²) in [5.41, 5.74) is 2.86. The zero-order valence-corrected chi connectivity index (χ0v) is 17.1. The molecule has 2 heterocycles. The molecular weight excluding hydrogens is 388 g/mol. The first-order valence-electron chi connectivity index (χ1n) is 10.4. The molecule has 2 aliphatic heterocycles. The van der Waals surface area contributed by atoms with Crippen molar-refractivity contribution in [2.75, 3.05) is 0 Å². The Morgan fingerprint density at radius 2 is 1.26 bits per heavy atom. The highest BCUT2D eigenvalue weighted by Crippen LogP contribution is 2.45. The van der Waals surface area contributed by atoms with Crippen LogP contribution in [0.25, 0.3) is 0 Å². The number of imide groups is 1. The van der Waals surface area contributed by atoms with Crippen LogP contribution in [0, 0.1) is 5.92 Å². The second-order valence-electron chi connectivity index (χ2n) is 8.10. The first-order valence-corrected chi connectivity index (χ1v) is 10.4. The fourth-order valence-corrected chi connectivity index (χ4v) is 4.78. The Hall–Kier alpha value is -3.73. The standard InChI is InChI=1S/C26H22N2O3/c1-17(28-24(29)20-14-8-9-15-21(20)25(28)30)22-23(19-12-6-3-7-13-19)27(26(22)31)16-18-10-4-2-5-11-18/h2-15,17,22-23H,16H2,1H3/t17-,22+,23-/m0/s1. The second kappa shape index (κ2) is 7.51. The Bertz CT molecular complexity index is 1120. The molecule has 5 rings (SSSR count). The summed E-state index contributed by atoms with van der Waals surface area (Å²) in [6, 6.07) is 25.8. The normalized spacial score (nSPS) is 21.1. The molecule has 2 aliphatic rings. The molecule has 0 unspecified atom stereocenters. The third-order valence-corrected chi connectivity index (χ3v) is 6.33. The van der Waals surface area contributed by atoms with Gasteiger partial charge in [0.1, 0.15) is 0 Å². The van der Waals surface area contributed by atoms with Crippen LogP contribution in [0.2, 0.25) is 0 Å². The molecule has 1 fully saturated rings. The first kappa shape index (κ1) is 19.2. The van der Waals surface area contributed by atoms with E-state index in [0.717, 1.165) is 11.1 Å². The lowest BCUT2D eigenvalue weighted by Gasteiger charge is -2.51. The zero-order valence-electron chi connectivity index (χ0n) is 17.1. The minimum absolute atomic E-state index is 0.0400. The van der Waals surface area contributed by atoms with Gasteiger partial charge in [0.25, 0.3) is 11.8 Å². The van der Waals surface area contributed by atoms with Gasteiger partial charge in [-0.1, -0.05) is 72.8 Å². The second-order valence-corrected chi connectivity index (χ2v) is 8.10. The molecule has 5 heteroatoms. The monoisotopic (exact) mass is 410 g/mol. The Labute approximate surface area is 180 Å². The summed E-state index contributed by atoms with van der Waals surface area (Å²) in [6.45, 7) is 2.30. The third kappa shape index (κ3) is 3.05. The van der Waals surface area contributed by atoms with Gasteiger partial charge in [-0.2, -0.15) is 0 Å². The maximum atomic E-state index is 13.3. The van der Waals surface area contributed by atoms with Crippen LogP contribution in [0.1, 0.15) is 44.8 Å². The van der Waals surface area contributed by atoms with E-state index in [2.05, 4.69) is 0 Å². The Kier molecular flexibility index (Phi) is 4.66. The number of carbonyl (C=O) groups is 3. The molecule has 31 heavy (non-hydrogen) atoms. The minimum atomic E-state index is -0.544. The van der Waals surface area contributed by atoms with E-state index in [9.17, 15) is 14.4 Å². The van der Waals surface area contributed by atoms with Crippen LogP contribution in [-0.4, -0.2) is 33.6 Å². The molecule has 3 aromatic carbocycles. The highest BCUT2D eigenvalue weighted by atomic mass is 16.2. The van der Waals surface area contributed by atoms with Crippen molar-refractivity contribution < 1.29 is 14.4 Å². The van der Waals surface area contributed by atoms with Gasteiger partial charge < -0.3 is 4.90 Å². The number of hydrogen-bond acceptors (Lipinski definition) is 3. The van der Waals surface area contributed by atoms with E-state index in [1.807, 2.05) is 65.6 Å². The van der Waals surface area contributed by atoms with Gasteiger partial charge in [0.2, 0.25) is 5.91 Å². The van der Waals surface area contributed by atoms with Gasteiger partial charge in [-0.05, 0) is 30.2 Å². The molecule has 5 nitrogen and oxygen atoms in total. The molecule has 0 aromatic heterocycles. The summed E-state index contributed by atoms with van der Waals surface area (Å²) in [5, 5.41) is 0. The lowest BCUT2D eigenvalue weighted by molar-refractivity contribution is -0.161. The Morgan fingerprint density at radius 3 is 1.84 bits per heavy atom. The van der Waals surface area contributed by atoms with E-state index in [0.29, 0.717) is 17.7 Å². The first-order chi connectivity index (χ1) is 15.1. The molecule has 0 spiro atoms. The maximum Gasteiger partial charge on any atom is 0.261 e. The van der Waals surface area contributed by atoms with E-state index in [-0.39, 0.29) is 23.8 Å². The van der Waals surface area contributed by atoms with Gasteiger partial charge >= 0.3 is 0 Å². The summed E-state index contributed by atoms with van der Waals surface area (Å²) in [7, 11) is 0. The van der Waals surface area contributed by atoms with E-state index in [1.165, 1.54) is 4.90 Å². The molecule has 0 N–H and O–H groups in total. The largest absolute Gasteiger partial charge is 0.330 e. The van der Waals surface area contributed by atoms with E-state index >= 15 is 0 Å². The Morgan fingerprint density at radius 1 is 0.742 bits per heavy atom. The van der Waals surface area contributed by atoms with Gasteiger partial charge in [0.15, 0.2) is 0 Å². The summed E-state index contributed by atoms with van der Waals surface area (Å²) >= 11 is 0. The number of carbonyl (C=O) groups excluding carboxylic acids is 3. The van der Waals surface area contributed by atoms with Crippen LogP contribution >= 0.6 is 0 Å². The highest BCUT2D eigenvalue weighted by Gasteiger charge is 2.54. The van der Waals surface area contributed by atoms with Crippen molar-refractivity contribution in [1.29, 1.82) is 0 Å². The van der Waals surface area contributed by atoms with Crippen molar-refractivity contribution in [2.24, 2.45) is 5.92 Å². The van der Waals surface area contributed by atoms with Crippen molar-refractivity contribution in [3.63, 3.8) is 0 Å². The van der Waals surface area contributed by atoms with Crippen molar-refractivity contribution in [2.45, 2.75) is 25.6 Å². The number of rotatable bonds is 5. The van der Waals surface area contributed by atoms with Crippen molar-refractivity contribution in [3.05, 3.63) is 107 Å². The summed E-state index contributed by atoms with van der Waals surface area (Å²) in [6.07, 6.45) is 0. The number of amides is 3. The third-order valence-electron chi connectivity index (χ3n) is 6.33. The fourth-order valence-electron chi connectivity index (χ4n) is 4.78. The number of hydrogen-bond donors (Lipinski definition) is 0. The molecule has 3 atom stereocenters. The number of likely N-dealkylation sites (tertiary alicyclic amines) is 1. The summed E-state index contributed by atoms with van der Waals surface area (Å²) in [5.74, 6) is -1.17. The van der Waals surface area contributed by atoms with Crippen molar-refractivity contribution in [1.82, 2.24) is 9.80 Å². The number of nitrogens with zero attached hydrogens (tertiary/aromatic N) is 2. The van der Waals surface area contributed by atoms with Crippen molar-refractivity contribution >= 4 is 17.7 Å². The van der Waals surface area contributed by atoms with Crippen LogP contribution in [0.4, 0.5) is 0 Å². The average molecular weight is 410 g/mol. The number of benzene rings is 3. The van der Waals surface area contributed by atoms with Gasteiger partial charge in [-0.3, -0.25) is 19.3 Å². The molecule has 0 bridgehead atoms. The topological polar surface area (TPSA) is 57.7 Å². The number of fused-ring (bicyclic) bond motifs is 1. The lowest BCUT2D eigenvalue weighted by atomic mass is 9.77. The molecule has 3 aromatic rings. The van der Waals surface area contributed by atoms with Crippen LogP contribution in [0.15, 0.2) is 84.9 Å². The molecular formula is C26H22N2O3. The quantitative estimate of drug-likeness (QED) is 0.471. The molecule has 0 aliphatic carbocycles. The molecule has 1 saturated heterocycles. The minimum Gasteiger partial charge on any atom is -0.330 e. The van der Waals surface area contributed by atoms with E-state index in [1.54, 1.807) is 31.2 Å². The SMILES string of the molecule is C[C@@H]([C@H]1C(=O)N(Cc2ccccc2)[C@H]1c1ccccc1)N1C(=O)c2ccccc2C1=O. The zero-order chi connectivity index (χ0) is 21.5. The van der Waals surface area contributed by atoms with E-state index < -0.39 is 12.0 Å². The van der Waals surface area contributed by atoms with Gasteiger partial charge in [0.05, 0.1) is 29.1 Å². The molecule has 0 saturated carbocycles. The molecule has 154 valence electrons. The predicted octanol–water partition coefficient (Wildman–Crippen LogP) is 4.07. The lowest BCUT2D eigenvalue weighted by Crippen LogP contribution is -2.61. The van der Waals surface area contributed by atoms with Crippen molar-refractivity contribution in [3.8, 4) is 0 Å². The molecule has 3 amide bonds. The maximum absolute atomic E-state index is 13.3. The van der Waals surface area contributed by atoms with Gasteiger partial charge in [-0.15, -0.1) is 0 Å². The summed E-state index contributed by atoms with van der Waals surface area (Å²) < 4.78 is 0. The number of β-lactam (4-membered cyclic amide) rings is 1. The average Bonchev–Trinajstić information content (AvgIpc) is 3.07. The summed E-state index contributed by atoms with van der Waals surface area (Å²) in [4.78, 5) is 42.4.